The van der Waals surface area contributed by atoms with Crippen molar-refractivity contribution in [2.24, 2.45) is 0 Å². The Kier molecular flexibility index (Phi) is 4.82. The molecule has 2 heterocycles. The molecular weight excluding hydrogens is 310 g/mol. The molecule has 0 radical (unpaired) electrons. The van der Waals surface area contributed by atoms with Gasteiger partial charge in [-0.1, -0.05) is 11.6 Å². The minimum atomic E-state index is -0.181. The topological polar surface area (TPSA) is 45.2 Å². The molecule has 0 spiro atoms. The summed E-state index contributed by atoms with van der Waals surface area (Å²) < 4.78 is 0. The van der Waals surface area contributed by atoms with E-state index in [0.29, 0.717) is 16.3 Å². The number of anilines is 2. The molecule has 0 atom stereocenters. The lowest BCUT2D eigenvalue weighted by atomic mass is 10.1. The predicted molar refractivity (Wildman–Crippen MR) is 94.4 cm³/mol. The summed E-state index contributed by atoms with van der Waals surface area (Å²) in [5.41, 5.74) is 3.16. The van der Waals surface area contributed by atoms with Crippen LogP contribution in [0, 0.1) is 6.92 Å². The second-order valence-electron chi connectivity index (χ2n) is 5.86. The number of carbonyl (C=O) groups is 1. The van der Waals surface area contributed by atoms with Crippen LogP contribution in [0.3, 0.4) is 0 Å². The number of hydrogen-bond acceptors (Lipinski definition) is 3. The highest BCUT2D eigenvalue weighted by Crippen LogP contribution is 2.30. The van der Waals surface area contributed by atoms with Crippen LogP contribution in [0.25, 0.3) is 0 Å². The summed E-state index contributed by atoms with van der Waals surface area (Å²) >= 11 is 6.41. The van der Waals surface area contributed by atoms with Gasteiger partial charge in [0.2, 0.25) is 0 Å². The van der Waals surface area contributed by atoms with Crippen LogP contribution in [-0.2, 0) is 0 Å². The highest BCUT2D eigenvalue weighted by molar-refractivity contribution is 6.33. The molecule has 0 saturated carbocycles. The molecular formula is C18H20ClN3O. The van der Waals surface area contributed by atoms with Gasteiger partial charge >= 0.3 is 0 Å². The maximum Gasteiger partial charge on any atom is 0.257 e. The highest BCUT2D eigenvalue weighted by Gasteiger charge is 2.15. The molecule has 1 aliphatic heterocycles. The van der Waals surface area contributed by atoms with E-state index in [4.69, 9.17) is 11.6 Å². The van der Waals surface area contributed by atoms with Gasteiger partial charge in [0.1, 0.15) is 0 Å². The zero-order valence-corrected chi connectivity index (χ0v) is 13.9. The number of pyridine rings is 1. The van der Waals surface area contributed by atoms with E-state index in [0.717, 1.165) is 24.5 Å². The summed E-state index contributed by atoms with van der Waals surface area (Å²) in [7, 11) is 0. The van der Waals surface area contributed by atoms with Gasteiger partial charge in [-0.3, -0.25) is 9.78 Å². The van der Waals surface area contributed by atoms with Crippen LogP contribution in [0.1, 0.15) is 35.3 Å². The average molecular weight is 330 g/mol. The predicted octanol–water partition coefficient (Wildman–Crippen LogP) is 4.29. The Morgan fingerprint density at radius 1 is 1.17 bits per heavy atom. The first-order valence-electron chi connectivity index (χ1n) is 7.92. The Morgan fingerprint density at radius 2 is 1.96 bits per heavy atom. The van der Waals surface area contributed by atoms with E-state index in [9.17, 15) is 4.79 Å². The number of benzene rings is 1. The molecule has 1 N–H and O–H groups in total. The SMILES string of the molecule is Cc1ccc(C(=O)Nc2ccc(N3CCCCC3)c(Cl)c2)cn1. The van der Waals surface area contributed by atoms with Gasteiger partial charge in [-0.2, -0.15) is 0 Å². The Morgan fingerprint density at radius 3 is 2.61 bits per heavy atom. The Balaban J connectivity index is 1.72. The molecule has 1 amide bonds. The zero-order chi connectivity index (χ0) is 16.2. The third kappa shape index (κ3) is 3.82. The van der Waals surface area contributed by atoms with Crippen molar-refractivity contribution in [2.45, 2.75) is 26.2 Å². The number of amides is 1. The van der Waals surface area contributed by atoms with Crippen molar-refractivity contribution >= 4 is 28.9 Å². The van der Waals surface area contributed by atoms with Gasteiger partial charge in [-0.15, -0.1) is 0 Å². The number of nitrogens with one attached hydrogen (secondary N) is 1. The summed E-state index contributed by atoms with van der Waals surface area (Å²) in [5.74, 6) is -0.181. The van der Waals surface area contributed by atoms with Gasteiger partial charge < -0.3 is 10.2 Å². The molecule has 120 valence electrons. The van der Waals surface area contributed by atoms with Crippen molar-refractivity contribution in [3.8, 4) is 0 Å². The number of rotatable bonds is 3. The zero-order valence-electron chi connectivity index (χ0n) is 13.2. The highest BCUT2D eigenvalue weighted by atomic mass is 35.5. The first-order chi connectivity index (χ1) is 11.1. The molecule has 1 aromatic heterocycles. The molecule has 1 aromatic carbocycles. The van der Waals surface area contributed by atoms with E-state index in [1.165, 1.54) is 19.3 Å². The Hall–Kier alpha value is -2.07. The quantitative estimate of drug-likeness (QED) is 0.913. The standard InChI is InChI=1S/C18H20ClN3O/c1-13-5-6-14(12-20-13)18(23)21-15-7-8-17(16(19)11-15)22-9-3-2-4-10-22/h5-8,11-12H,2-4,9-10H2,1H3,(H,21,23). The molecule has 23 heavy (non-hydrogen) atoms. The van der Waals surface area contributed by atoms with E-state index in [-0.39, 0.29) is 5.91 Å². The van der Waals surface area contributed by atoms with Crippen LogP contribution in [0.4, 0.5) is 11.4 Å². The molecule has 1 fully saturated rings. The second-order valence-corrected chi connectivity index (χ2v) is 6.26. The van der Waals surface area contributed by atoms with Gasteiger partial charge in [0, 0.05) is 30.7 Å². The van der Waals surface area contributed by atoms with Gasteiger partial charge in [-0.25, -0.2) is 0 Å². The fraction of sp³-hybridized carbons (Fsp3) is 0.333. The van der Waals surface area contributed by atoms with Crippen LogP contribution in [0.5, 0.6) is 0 Å². The molecule has 0 bridgehead atoms. The van der Waals surface area contributed by atoms with Gasteiger partial charge in [0.25, 0.3) is 5.91 Å². The van der Waals surface area contributed by atoms with Crippen molar-refractivity contribution in [1.82, 2.24) is 4.98 Å². The Bertz CT molecular complexity index is 694. The van der Waals surface area contributed by atoms with E-state index in [1.807, 2.05) is 31.2 Å². The van der Waals surface area contributed by atoms with Crippen LogP contribution >= 0.6 is 11.6 Å². The lowest BCUT2D eigenvalue weighted by Crippen LogP contribution is -2.29. The number of nitrogens with zero attached hydrogens (tertiary/aromatic N) is 2. The molecule has 0 unspecified atom stereocenters. The summed E-state index contributed by atoms with van der Waals surface area (Å²) in [6.45, 7) is 3.97. The smallest absolute Gasteiger partial charge is 0.257 e. The number of halogens is 1. The van der Waals surface area contributed by atoms with E-state index < -0.39 is 0 Å². The molecule has 2 aromatic rings. The minimum absolute atomic E-state index is 0.181. The number of carbonyl (C=O) groups excluding carboxylic acids is 1. The monoisotopic (exact) mass is 329 g/mol. The van der Waals surface area contributed by atoms with E-state index >= 15 is 0 Å². The lowest BCUT2D eigenvalue weighted by Gasteiger charge is -2.29. The average Bonchev–Trinajstić information content (AvgIpc) is 2.56. The fourth-order valence-corrected chi connectivity index (χ4v) is 3.08. The first kappa shape index (κ1) is 15.8. The lowest BCUT2D eigenvalue weighted by molar-refractivity contribution is 0.102. The third-order valence-electron chi connectivity index (χ3n) is 4.08. The summed E-state index contributed by atoms with van der Waals surface area (Å²) in [6, 6.07) is 9.28. The van der Waals surface area contributed by atoms with Gasteiger partial charge in [0.15, 0.2) is 0 Å². The number of hydrogen-bond donors (Lipinski definition) is 1. The summed E-state index contributed by atoms with van der Waals surface area (Å²) in [6.07, 6.45) is 5.27. The summed E-state index contributed by atoms with van der Waals surface area (Å²) in [4.78, 5) is 18.7. The molecule has 0 aliphatic carbocycles. The third-order valence-corrected chi connectivity index (χ3v) is 4.38. The van der Waals surface area contributed by atoms with Crippen molar-refractivity contribution in [1.29, 1.82) is 0 Å². The summed E-state index contributed by atoms with van der Waals surface area (Å²) in [5, 5.41) is 3.54. The van der Waals surface area contributed by atoms with Crippen LogP contribution < -0.4 is 10.2 Å². The van der Waals surface area contributed by atoms with E-state index in [1.54, 1.807) is 12.3 Å². The fourth-order valence-electron chi connectivity index (χ4n) is 2.78. The molecule has 4 nitrogen and oxygen atoms in total. The van der Waals surface area contributed by atoms with Gasteiger partial charge in [0.05, 0.1) is 16.3 Å². The largest absolute Gasteiger partial charge is 0.370 e. The van der Waals surface area contributed by atoms with Crippen LogP contribution in [0.15, 0.2) is 36.5 Å². The van der Waals surface area contributed by atoms with E-state index in [2.05, 4.69) is 15.2 Å². The molecule has 5 heteroatoms. The number of aromatic nitrogens is 1. The normalized spacial score (nSPS) is 14.6. The van der Waals surface area contributed by atoms with Crippen molar-refractivity contribution in [3.05, 3.63) is 52.8 Å². The minimum Gasteiger partial charge on any atom is -0.370 e. The maximum absolute atomic E-state index is 12.2. The first-order valence-corrected chi connectivity index (χ1v) is 8.30. The molecule has 1 aliphatic rings. The van der Waals surface area contributed by atoms with Gasteiger partial charge in [-0.05, 0) is 56.5 Å². The van der Waals surface area contributed by atoms with Crippen molar-refractivity contribution < 1.29 is 4.79 Å². The van der Waals surface area contributed by atoms with Crippen molar-refractivity contribution in [2.75, 3.05) is 23.3 Å². The maximum atomic E-state index is 12.2. The molecule has 1 saturated heterocycles. The number of piperidine rings is 1. The van der Waals surface area contributed by atoms with Crippen LogP contribution in [0.2, 0.25) is 5.02 Å². The number of aryl methyl sites for hydroxylation is 1. The van der Waals surface area contributed by atoms with Crippen molar-refractivity contribution in [3.63, 3.8) is 0 Å². The Labute approximate surface area is 141 Å². The van der Waals surface area contributed by atoms with Crippen LogP contribution in [-0.4, -0.2) is 24.0 Å². The second kappa shape index (κ2) is 7.01. The molecule has 3 rings (SSSR count).